The van der Waals surface area contributed by atoms with E-state index in [1.807, 2.05) is 0 Å². The minimum atomic E-state index is 0.756. The lowest BCUT2D eigenvalue weighted by Gasteiger charge is -2.30. The van der Waals surface area contributed by atoms with E-state index in [1.165, 1.54) is 29.2 Å². The number of benzene rings is 1. The summed E-state index contributed by atoms with van der Waals surface area (Å²) in [6.07, 6.45) is 1.35. The summed E-state index contributed by atoms with van der Waals surface area (Å²) in [5.74, 6) is 2.63. The van der Waals surface area contributed by atoms with Crippen LogP contribution in [-0.2, 0) is 6.54 Å². The second kappa shape index (κ2) is 4.68. The number of thioether (sulfide) groups is 1. The van der Waals surface area contributed by atoms with Crippen LogP contribution in [0.5, 0.6) is 0 Å². The minimum Gasteiger partial charge on any atom is -0.366 e. The molecule has 3 heteroatoms. The number of para-hydroxylation sites is 1. The van der Waals surface area contributed by atoms with Crippen molar-refractivity contribution < 1.29 is 0 Å². The molecule has 1 aromatic rings. The first-order valence-electron chi connectivity index (χ1n) is 6.08. The molecule has 0 bridgehead atoms. The van der Waals surface area contributed by atoms with E-state index in [1.54, 1.807) is 0 Å². The third-order valence-corrected chi connectivity index (χ3v) is 4.64. The Kier molecular flexibility index (Phi) is 3.06. The van der Waals surface area contributed by atoms with Crippen molar-refractivity contribution >= 4 is 17.4 Å². The molecule has 1 unspecified atom stereocenters. The number of hydrogen-bond acceptors (Lipinski definition) is 3. The average Bonchev–Trinajstić information content (AvgIpc) is 2.76. The number of rotatable bonds is 1. The lowest BCUT2D eigenvalue weighted by molar-refractivity contribution is 0.623. The van der Waals surface area contributed by atoms with Gasteiger partial charge in [-0.2, -0.15) is 11.8 Å². The molecule has 2 aliphatic heterocycles. The molecule has 2 nitrogen and oxygen atoms in total. The van der Waals surface area contributed by atoms with Crippen molar-refractivity contribution in [2.75, 3.05) is 29.5 Å². The summed E-state index contributed by atoms with van der Waals surface area (Å²) in [5, 5.41) is 3.51. The number of fused-ring (bicyclic) bond motifs is 1. The minimum absolute atomic E-state index is 0.756. The van der Waals surface area contributed by atoms with Crippen LogP contribution in [-0.4, -0.2) is 30.6 Å². The zero-order valence-electron chi connectivity index (χ0n) is 9.48. The van der Waals surface area contributed by atoms with Gasteiger partial charge in [-0.05, 0) is 23.8 Å². The van der Waals surface area contributed by atoms with Gasteiger partial charge in [-0.3, -0.25) is 0 Å². The van der Waals surface area contributed by atoms with Crippen LogP contribution in [0.4, 0.5) is 5.69 Å². The molecule has 2 heterocycles. The Bertz CT molecular complexity index is 361. The van der Waals surface area contributed by atoms with Gasteiger partial charge in [0.25, 0.3) is 0 Å². The summed E-state index contributed by atoms with van der Waals surface area (Å²) in [6.45, 7) is 3.28. The predicted octanol–water partition coefficient (Wildman–Crippen LogP) is 2.10. The van der Waals surface area contributed by atoms with Crippen LogP contribution in [0.2, 0.25) is 0 Å². The van der Waals surface area contributed by atoms with Crippen LogP contribution in [0.3, 0.4) is 0 Å². The maximum absolute atomic E-state index is 3.51. The molecule has 16 heavy (non-hydrogen) atoms. The fourth-order valence-electron chi connectivity index (χ4n) is 2.63. The predicted molar refractivity (Wildman–Crippen MR) is 71.2 cm³/mol. The molecule has 3 rings (SSSR count). The first kappa shape index (κ1) is 10.5. The number of hydrogen-bond donors (Lipinski definition) is 1. The van der Waals surface area contributed by atoms with Gasteiger partial charge in [0.1, 0.15) is 0 Å². The zero-order chi connectivity index (χ0) is 10.8. The molecule has 86 valence electrons. The summed E-state index contributed by atoms with van der Waals surface area (Å²) < 4.78 is 0. The number of nitrogens with one attached hydrogen (secondary N) is 1. The SMILES string of the molecule is c1ccc2c(c1)CNCCN2C1CCSC1. The molecule has 2 aliphatic rings. The summed E-state index contributed by atoms with van der Waals surface area (Å²) in [6, 6.07) is 9.60. The summed E-state index contributed by atoms with van der Waals surface area (Å²) in [4.78, 5) is 2.62. The van der Waals surface area contributed by atoms with E-state index in [-0.39, 0.29) is 0 Å². The highest BCUT2D eigenvalue weighted by Gasteiger charge is 2.25. The van der Waals surface area contributed by atoms with Crippen LogP contribution in [0.15, 0.2) is 24.3 Å². The lowest BCUT2D eigenvalue weighted by atomic mass is 10.1. The molecule has 1 N–H and O–H groups in total. The average molecular weight is 234 g/mol. The van der Waals surface area contributed by atoms with Crippen LogP contribution >= 0.6 is 11.8 Å². The van der Waals surface area contributed by atoms with E-state index >= 15 is 0 Å². The van der Waals surface area contributed by atoms with Gasteiger partial charge in [0, 0.05) is 37.1 Å². The molecule has 0 aliphatic carbocycles. The lowest BCUT2D eigenvalue weighted by Crippen LogP contribution is -2.38. The molecule has 0 radical (unpaired) electrons. The number of nitrogens with zero attached hydrogens (tertiary/aromatic N) is 1. The second-order valence-electron chi connectivity index (χ2n) is 4.52. The van der Waals surface area contributed by atoms with E-state index in [4.69, 9.17) is 0 Å². The first-order valence-corrected chi connectivity index (χ1v) is 7.23. The fourth-order valence-corrected chi connectivity index (χ4v) is 3.85. The molecular formula is C13H18N2S. The molecule has 1 saturated heterocycles. The Labute approximate surface area is 101 Å². The molecule has 0 amide bonds. The van der Waals surface area contributed by atoms with E-state index < -0.39 is 0 Å². The Hall–Kier alpha value is -0.670. The maximum Gasteiger partial charge on any atom is 0.0415 e. The van der Waals surface area contributed by atoms with Crippen molar-refractivity contribution in [1.29, 1.82) is 0 Å². The third-order valence-electron chi connectivity index (χ3n) is 3.49. The van der Waals surface area contributed by atoms with E-state index in [2.05, 4.69) is 46.2 Å². The van der Waals surface area contributed by atoms with Gasteiger partial charge < -0.3 is 10.2 Å². The largest absolute Gasteiger partial charge is 0.366 e. The van der Waals surface area contributed by atoms with E-state index in [0.29, 0.717) is 0 Å². The van der Waals surface area contributed by atoms with Gasteiger partial charge in [-0.25, -0.2) is 0 Å². The molecule has 0 aromatic heterocycles. The molecule has 1 atom stereocenters. The van der Waals surface area contributed by atoms with Gasteiger partial charge in [0.2, 0.25) is 0 Å². The van der Waals surface area contributed by atoms with Crippen molar-refractivity contribution in [3.8, 4) is 0 Å². The van der Waals surface area contributed by atoms with Crippen molar-refractivity contribution in [3.05, 3.63) is 29.8 Å². The van der Waals surface area contributed by atoms with Crippen LogP contribution in [0.1, 0.15) is 12.0 Å². The molecule has 1 aromatic carbocycles. The van der Waals surface area contributed by atoms with Crippen LogP contribution in [0.25, 0.3) is 0 Å². The van der Waals surface area contributed by atoms with E-state index in [0.717, 1.165) is 25.7 Å². The first-order chi connectivity index (χ1) is 7.95. The highest BCUT2D eigenvalue weighted by molar-refractivity contribution is 7.99. The standard InChI is InChI=1S/C13H18N2S/c1-2-4-13-11(3-1)9-14-6-7-15(13)12-5-8-16-10-12/h1-4,12,14H,5-10H2. The smallest absolute Gasteiger partial charge is 0.0415 e. The maximum atomic E-state index is 3.51. The van der Waals surface area contributed by atoms with Crippen molar-refractivity contribution in [3.63, 3.8) is 0 Å². The van der Waals surface area contributed by atoms with Crippen molar-refractivity contribution in [1.82, 2.24) is 5.32 Å². The molecule has 0 saturated carbocycles. The zero-order valence-corrected chi connectivity index (χ0v) is 10.3. The summed E-state index contributed by atoms with van der Waals surface area (Å²) in [7, 11) is 0. The Morgan fingerprint density at radius 1 is 1.31 bits per heavy atom. The van der Waals surface area contributed by atoms with Crippen molar-refractivity contribution in [2.45, 2.75) is 19.0 Å². The Morgan fingerprint density at radius 2 is 2.25 bits per heavy atom. The highest BCUT2D eigenvalue weighted by Crippen LogP contribution is 2.30. The third kappa shape index (κ3) is 1.94. The molecular weight excluding hydrogens is 216 g/mol. The quantitative estimate of drug-likeness (QED) is 0.801. The van der Waals surface area contributed by atoms with Crippen LogP contribution < -0.4 is 10.2 Å². The molecule has 1 fully saturated rings. The summed E-state index contributed by atoms with van der Waals surface area (Å²) in [5.41, 5.74) is 2.91. The van der Waals surface area contributed by atoms with Gasteiger partial charge in [-0.1, -0.05) is 18.2 Å². The van der Waals surface area contributed by atoms with Gasteiger partial charge in [0.15, 0.2) is 0 Å². The topological polar surface area (TPSA) is 15.3 Å². The number of anilines is 1. The highest BCUT2D eigenvalue weighted by atomic mass is 32.2. The normalized spacial score (nSPS) is 25.2. The van der Waals surface area contributed by atoms with Gasteiger partial charge >= 0.3 is 0 Å². The fraction of sp³-hybridized carbons (Fsp3) is 0.538. The monoisotopic (exact) mass is 234 g/mol. The van der Waals surface area contributed by atoms with Gasteiger partial charge in [0.05, 0.1) is 0 Å². The Balaban J connectivity index is 1.92. The molecule has 0 spiro atoms. The summed E-state index contributed by atoms with van der Waals surface area (Å²) >= 11 is 2.10. The Morgan fingerprint density at radius 3 is 3.12 bits per heavy atom. The van der Waals surface area contributed by atoms with Crippen molar-refractivity contribution in [2.24, 2.45) is 0 Å². The van der Waals surface area contributed by atoms with Crippen LogP contribution in [0, 0.1) is 0 Å². The second-order valence-corrected chi connectivity index (χ2v) is 5.67. The van der Waals surface area contributed by atoms with Gasteiger partial charge in [-0.15, -0.1) is 0 Å². The van der Waals surface area contributed by atoms with E-state index in [9.17, 15) is 0 Å².